The highest BCUT2D eigenvalue weighted by Crippen LogP contribution is 2.32. The lowest BCUT2D eigenvalue weighted by Gasteiger charge is -2.25. The molecule has 2 aromatic rings. The predicted octanol–water partition coefficient (Wildman–Crippen LogP) is 2.43. The molecule has 0 aliphatic carbocycles. The van der Waals surface area contributed by atoms with E-state index in [0.717, 1.165) is 34.4 Å². The molecule has 0 saturated carbocycles. The van der Waals surface area contributed by atoms with Gasteiger partial charge < -0.3 is 20.6 Å². The normalized spacial score (nSPS) is 16.9. The molecule has 8 nitrogen and oxygen atoms in total. The topological polar surface area (TPSA) is 116 Å². The van der Waals surface area contributed by atoms with Gasteiger partial charge in [-0.3, -0.25) is 14.4 Å². The zero-order chi connectivity index (χ0) is 22.7. The van der Waals surface area contributed by atoms with Gasteiger partial charge in [0, 0.05) is 35.8 Å². The molecule has 2 unspecified atom stereocenters. The fraction of sp³-hybridized carbons (Fsp3) is 0.200. The van der Waals surface area contributed by atoms with Crippen molar-refractivity contribution >= 4 is 35.0 Å². The molecule has 1 aliphatic rings. The van der Waals surface area contributed by atoms with Crippen molar-refractivity contribution < 1.29 is 33.1 Å². The lowest BCUT2D eigenvalue weighted by Crippen LogP contribution is -2.55. The van der Waals surface area contributed by atoms with Gasteiger partial charge in [0.05, 0.1) is 12.5 Å². The summed E-state index contributed by atoms with van der Waals surface area (Å²) in [5, 5.41) is 15.4. The number of carbonyl (C=O) groups is 4. The molecule has 0 spiro atoms. The SMILES string of the molecule is CN1C=CC(=O)C(NC(=O)NC(CC(=O)O)c2cc(-c3ccc(F)cc3F)cs2)C1=O. The van der Waals surface area contributed by atoms with Crippen LogP contribution < -0.4 is 10.6 Å². The maximum Gasteiger partial charge on any atom is 0.316 e. The van der Waals surface area contributed by atoms with Gasteiger partial charge in [0.2, 0.25) is 0 Å². The lowest BCUT2D eigenvalue weighted by molar-refractivity contribution is -0.138. The highest BCUT2D eigenvalue weighted by atomic mass is 32.1. The first-order valence-electron chi connectivity index (χ1n) is 8.97. The number of aliphatic carboxylic acids is 1. The average molecular weight is 449 g/mol. The summed E-state index contributed by atoms with van der Waals surface area (Å²) in [7, 11) is 1.42. The minimum Gasteiger partial charge on any atom is -0.481 e. The van der Waals surface area contributed by atoms with E-state index >= 15 is 0 Å². The van der Waals surface area contributed by atoms with Crippen LogP contribution in [0.1, 0.15) is 17.3 Å². The number of nitrogens with one attached hydrogen (secondary N) is 2. The van der Waals surface area contributed by atoms with Gasteiger partial charge in [-0.05, 0) is 29.1 Å². The summed E-state index contributed by atoms with van der Waals surface area (Å²) in [5.74, 6) is -3.97. The summed E-state index contributed by atoms with van der Waals surface area (Å²) >= 11 is 1.08. The molecule has 1 aromatic carbocycles. The fourth-order valence-electron chi connectivity index (χ4n) is 2.94. The molecule has 31 heavy (non-hydrogen) atoms. The van der Waals surface area contributed by atoms with Crippen molar-refractivity contribution in [3.63, 3.8) is 0 Å². The molecule has 1 aliphatic heterocycles. The fourth-order valence-corrected chi connectivity index (χ4v) is 3.90. The van der Waals surface area contributed by atoms with Gasteiger partial charge >= 0.3 is 12.0 Å². The highest BCUT2D eigenvalue weighted by molar-refractivity contribution is 7.10. The quantitative estimate of drug-likeness (QED) is 0.586. The average Bonchev–Trinajstić information content (AvgIpc) is 3.17. The predicted molar refractivity (Wildman–Crippen MR) is 107 cm³/mol. The third-order valence-corrected chi connectivity index (χ3v) is 5.55. The number of urea groups is 1. The first kappa shape index (κ1) is 22.1. The van der Waals surface area contributed by atoms with Crippen LogP contribution in [0.15, 0.2) is 41.9 Å². The Kier molecular flexibility index (Phi) is 6.44. The smallest absolute Gasteiger partial charge is 0.316 e. The van der Waals surface area contributed by atoms with E-state index in [4.69, 9.17) is 0 Å². The molecule has 0 fully saturated rings. The van der Waals surface area contributed by atoms with E-state index in [2.05, 4.69) is 10.6 Å². The summed E-state index contributed by atoms with van der Waals surface area (Å²) in [5.41, 5.74) is 0.509. The van der Waals surface area contributed by atoms with Crippen LogP contribution in [-0.4, -0.2) is 46.8 Å². The Bertz CT molecular complexity index is 1080. The zero-order valence-corrected chi connectivity index (χ0v) is 16.9. The minimum atomic E-state index is -1.42. The zero-order valence-electron chi connectivity index (χ0n) is 16.1. The first-order chi connectivity index (χ1) is 14.7. The Morgan fingerprint density at radius 1 is 1.26 bits per heavy atom. The molecule has 3 N–H and O–H groups in total. The maximum absolute atomic E-state index is 14.0. The van der Waals surface area contributed by atoms with Gasteiger partial charge in [0.25, 0.3) is 5.91 Å². The number of carboxylic acids is 1. The largest absolute Gasteiger partial charge is 0.481 e. The number of ketones is 1. The van der Waals surface area contributed by atoms with Crippen LogP contribution in [-0.2, 0) is 14.4 Å². The molecule has 1 aromatic heterocycles. The summed E-state index contributed by atoms with van der Waals surface area (Å²) in [6, 6.07) is 1.23. The standard InChI is InChI=1S/C20H17F2N3O5S/c1-25-5-4-15(26)18(19(25)29)24-20(30)23-14(8-17(27)28)16-6-10(9-31-16)12-3-2-11(21)7-13(12)22/h2-7,9,14,18H,8H2,1H3,(H,27,28)(H2,23,24,30). The van der Waals surface area contributed by atoms with Gasteiger partial charge in [-0.2, -0.15) is 0 Å². The van der Waals surface area contributed by atoms with Gasteiger partial charge in [-0.1, -0.05) is 0 Å². The lowest BCUT2D eigenvalue weighted by atomic mass is 10.1. The van der Waals surface area contributed by atoms with Crippen molar-refractivity contribution in [2.75, 3.05) is 7.05 Å². The molecular weight excluding hydrogens is 432 g/mol. The third kappa shape index (κ3) is 5.12. The maximum atomic E-state index is 14.0. The summed E-state index contributed by atoms with van der Waals surface area (Å²) in [6.45, 7) is 0. The van der Waals surface area contributed by atoms with E-state index in [1.807, 2.05) is 0 Å². The van der Waals surface area contributed by atoms with Crippen molar-refractivity contribution in [1.82, 2.24) is 15.5 Å². The van der Waals surface area contributed by atoms with E-state index < -0.39 is 53.8 Å². The van der Waals surface area contributed by atoms with Gasteiger partial charge in [-0.15, -0.1) is 11.3 Å². The van der Waals surface area contributed by atoms with Crippen LogP contribution in [0, 0.1) is 11.6 Å². The van der Waals surface area contributed by atoms with Gasteiger partial charge in [-0.25, -0.2) is 13.6 Å². The number of nitrogens with zero attached hydrogens (tertiary/aromatic N) is 1. The number of benzene rings is 1. The Balaban J connectivity index is 1.78. The Hall–Kier alpha value is -3.60. The molecule has 3 rings (SSSR count). The molecule has 11 heteroatoms. The van der Waals surface area contributed by atoms with E-state index in [1.54, 1.807) is 5.38 Å². The molecule has 0 bridgehead atoms. The number of halogens is 2. The van der Waals surface area contributed by atoms with E-state index in [9.17, 15) is 33.1 Å². The molecule has 2 heterocycles. The second-order valence-corrected chi connectivity index (χ2v) is 7.67. The second kappa shape index (κ2) is 9.04. The van der Waals surface area contributed by atoms with E-state index in [-0.39, 0.29) is 5.56 Å². The Morgan fingerprint density at radius 2 is 2.00 bits per heavy atom. The van der Waals surface area contributed by atoms with Crippen LogP contribution in [0.5, 0.6) is 0 Å². The molecule has 0 radical (unpaired) electrons. The highest BCUT2D eigenvalue weighted by Gasteiger charge is 2.32. The van der Waals surface area contributed by atoms with Crippen molar-refractivity contribution in [3.05, 3.63) is 58.4 Å². The van der Waals surface area contributed by atoms with E-state index in [1.165, 1.54) is 25.4 Å². The summed E-state index contributed by atoms with van der Waals surface area (Å²) in [6.07, 6.45) is 1.92. The number of carboxylic acid groups (broad SMARTS) is 1. The Labute approximate surface area is 179 Å². The molecule has 0 saturated heterocycles. The van der Waals surface area contributed by atoms with Gasteiger partial charge in [0.1, 0.15) is 11.6 Å². The number of thiophene rings is 1. The number of amides is 3. The minimum absolute atomic E-state index is 0.121. The van der Waals surface area contributed by atoms with Gasteiger partial charge in [0.15, 0.2) is 11.8 Å². The number of likely N-dealkylation sites (N-methyl/N-ethyl adjacent to an activating group) is 1. The molecule has 2 atom stereocenters. The number of hydrogen-bond acceptors (Lipinski definition) is 5. The Morgan fingerprint density at radius 3 is 2.68 bits per heavy atom. The van der Waals surface area contributed by atoms with E-state index in [0.29, 0.717) is 10.4 Å². The summed E-state index contributed by atoms with van der Waals surface area (Å²) in [4.78, 5) is 49.2. The monoisotopic (exact) mass is 449 g/mol. The number of rotatable bonds is 6. The third-order valence-electron chi connectivity index (χ3n) is 4.51. The van der Waals surface area contributed by atoms with Crippen LogP contribution in [0.4, 0.5) is 13.6 Å². The van der Waals surface area contributed by atoms with Crippen molar-refractivity contribution in [2.24, 2.45) is 0 Å². The van der Waals surface area contributed by atoms with Crippen LogP contribution in [0.3, 0.4) is 0 Å². The van der Waals surface area contributed by atoms with Crippen LogP contribution in [0.2, 0.25) is 0 Å². The first-order valence-corrected chi connectivity index (χ1v) is 9.85. The van der Waals surface area contributed by atoms with Crippen molar-refractivity contribution in [1.29, 1.82) is 0 Å². The number of carbonyl (C=O) groups excluding carboxylic acids is 3. The summed E-state index contributed by atoms with van der Waals surface area (Å²) < 4.78 is 27.2. The van der Waals surface area contributed by atoms with Crippen LogP contribution >= 0.6 is 11.3 Å². The van der Waals surface area contributed by atoms with Crippen molar-refractivity contribution in [2.45, 2.75) is 18.5 Å². The molecule has 162 valence electrons. The van der Waals surface area contributed by atoms with Crippen molar-refractivity contribution in [3.8, 4) is 11.1 Å². The second-order valence-electron chi connectivity index (χ2n) is 6.73. The number of hydrogen-bond donors (Lipinski definition) is 3. The van der Waals surface area contributed by atoms with Crippen LogP contribution in [0.25, 0.3) is 11.1 Å². The molecular formula is C20H17F2N3O5S. The molecule has 3 amide bonds.